The molecule has 20 heavy (non-hydrogen) atoms. The number of carbonyl (C=O) groups excluding carboxylic acids is 1. The van der Waals surface area contributed by atoms with Crippen molar-refractivity contribution in [2.24, 2.45) is 12.8 Å². The van der Waals surface area contributed by atoms with Gasteiger partial charge < -0.3 is 11.1 Å². The molecule has 0 atom stereocenters. The minimum atomic E-state index is -0.332. The normalized spacial score (nSPS) is 12.9. The van der Waals surface area contributed by atoms with Gasteiger partial charge in [-0.2, -0.15) is 5.10 Å². The molecule has 106 valence electrons. The van der Waals surface area contributed by atoms with Crippen molar-refractivity contribution in [1.29, 1.82) is 0 Å². The van der Waals surface area contributed by atoms with Gasteiger partial charge in [-0.25, -0.2) is 0 Å². The van der Waals surface area contributed by atoms with Gasteiger partial charge in [0.05, 0.1) is 21.8 Å². The molecule has 2 heterocycles. The number of carbonyl (C=O) groups is 1. The molecule has 6 heteroatoms. The quantitative estimate of drug-likeness (QED) is 0.906. The number of nitrogens with two attached hydrogens (primary N) is 1. The SMILES string of the molecule is CCCNc1sc(C(N)=O)c2c1-c1c(cnn1C)CC2. The largest absolute Gasteiger partial charge is 0.376 e. The number of rotatable bonds is 4. The molecule has 0 spiro atoms. The molecule has 0 radical (unpaired) electrons. The summed E-state index contributed by atoms with van der Waals surface area (Å²) in [5.74, 6) is -0.332. The third-order valence-corrected chi connectivity index (χ3v) is 4.87. The fourth-order valence-corrected chi connectivity index (χ4v) is 3.89. The number of nitrogens with zero attached hydrogens (tertiary/aromatic N) is 2. The molecule has 0 fully saturated rings. The van der Waals surface area contributed by atoms with Crippen molar-refractivity contribution in [3.63, 3.8) is 0 Å². The highest BCUT2D eigenvalue weighted by atomic mass is 32.1. The summed E-state index contributed by atoms with van der Waals surface area (Å²) < 4.78 is 1.89. The lowest BCUT2D eigenvalue weighted by molar-refractivity contribution is 0.100. The lowest BCUT2D eigenvalue weighted by Gasteiger charge is -2.16. The first-order chi connectivity index (χ1) is 9.63. The van der Waals surface area contributed by atoms with Crippen LogP contribution in [0.2, 0.25) is 0 Å². The molecule has 0 aromatic carbocycles. The summed E-state index contributed by atoms with van der Waals surface area (Å²) in [4.78, 5) is 12.4. The minimum Gasteiger partial charge on any atom is -0.376 e. The van der Waals surface area contributed by atoms with E-state index in [1.54, 1.807) is 0 Å². The predicted molar refractivity (Wildman–Crippen MR) is 81.2 cm³/mol. The van der Waals surface area contributed by atoms with Gasteiger partial charge in [0.1, 0.15) is 0 Å². The van der Waals surface area contributed by atoms with Crippen LogP contribution < -0.4 is 11.1 Å². The van der Waals surface area contributed by atoms with E-state index in [-0.39, 0.29) is 5.91 Å². The number of amides is 1. The molecule has 3 rings (SSSR count). The topological polar surface area (TPSA) is 72.9 Å². The maximum Gasteiger partial charge on any atom is 0.259 e. The van der Waals surface area contributed by atoms with E-state index in [4.69, 9.17) is 5.73 Å². The molecule has 0 saturated carbocycles. The summed E-state index contributed by atoms with van der Waals surface area (Å²) in [5, 5.41) is 8.82. The van der Waals surface area contributed by atoms with Crippen LogP contribution in [0.3, 0.4) is 0 Å². The zero-order valence-corrected chi connectivity index (χ0v) is 12.5. The third kappa shape index (κ3) is 1.91. The Bertz CT molecular complexity index is 671. The van der Waals surface area contributed by atoms with E-state index >= 15 is 0 Å². The first kappa shape index (κ1) is 13.2. The molecule has 0 saturated heterocycles. The molecule has 3 N–H and O–H groups in total. The Morgan fingerprint density at radius 1 is 1.55 bits per heavy atom. The highest BCUT2D eigenvalue weighted by Gasteiger charge is 2.29. The Kier molecular flexibility index (Phi) is 3.25. The van der Waals surface area contributed by atoms with Gasteiger partial charge in [-0.1, -0.05) is 6.92 Å². The standard InChI is InChI=1S/C14H18N4OS/c1-3-6-16-14-10-9(12(20-14)13(15)19)5-4-8-7-17-18(2)11(8)10/h7,16H,3-6H2,1-2H3,(H2,15,19). The van der Waals surface area contributed by atoms with Crippen molar-refractivity contribution < 1.29 is 4.79 Å². The zero-order valence-electron chi connectivity index (χ0n) is 11.7. The smallest absolute Gasteiger partial charge is 0.259 e. The van der Waals surface area contributed by atoms with Crippen molar-refractivity contribution in [3.8, 4) is 11.3 Å². The van der Waals surface area contributed by atoms with E-state index in [0.29, 0.717) is 4.88 Å². The molecule has 2 aromatic rings. The summed E-state index contributed by atoms with van der Waals surface area (Å²) in [5.41, 5.74) is 10.1. The van der Waals surface area contributed by atoms with E-state index < -0.39 is 0 Å². The van der Waals surface area contributed by atoms with E-state index in [9.17, 15) is 4.79 Å². The highest BCUT2D eigenvalue weighted by molar-refractivity contribution is 7.18. The second-order valence-corrected chi connectivity index (χ2v) is 6.07. The van der Waals surface area contributed by atoms with Gasteiger partial charge in [-0.05, 0) is 30.4 Å². The first-order valence-corrected chi connectivity index (χ1v) is 7.65. The van der Waals surface area contributed by atoms with Crippen LogP contribution in [0, 0.1) is 0 Å². The number of aryl methyl sites for hydroxylation is 2. The lowest BCUT2D eigenvalue weighted by atomic mass is 9.91. The van der Waals surface area contributed by atoms with Crippen LogP contribution in [0.1, 0.15) is 34.1 Å². The molecule has 1 amide bonds. The second kappa shape index (κ2) is 4.94. The van der Waals surface area contributed by atoms with Crippen LogP contribution in [0.5, 0.6) is 0 Å². The van der Waals surface area contributed by atoms with Gasteiger partial charge in [0.2, 0.25) is 0 Å². The van der Waals surface area contributed by atoms with Crippen LogP contribution in [0.4, 0.5) is 5.00 Å². The molecule has 1 aliphatic rings. The maximum absolute atomic E-state index is 11.7. The van der Waals surface area contributed by atoms with E-state index in [2.05, 4.69) is 17.3 Å². The molecule has 5 nitrogen and oxygen atoms in total. The number of hydrogen-bond donors (Lipinski definition) is 2. The highest BCUT2D eigenvalue weighted by Crippen LogP contribution is 2.45. The van der Waals surface area contributed by atoms with Gasteiger partial charge in [0, 0.05) is 19.2 Å². The summed E-state index contributed by atoms with van der Waals surface area (Å²) in [6.45, 7) is 3.01. The van der Waals surface area contributed by atoms with Crippen LogP contribution in [-0.2, 0) is 19.9 Å². The van der Waals surface area contributed by atoms with Crippen molar-refractivity contribution in [2.45, 2.75) is 26.2 Å². The first-order valence-electron chi connectivity index (χ1n) is 6.84. The van der Waals surface area contributed by atoms with Crippen LogP contribution in [-0.4, -0.2) is 22.2 Å². The number of aromatic nitrogens is 2. The molecular weight excluding hydrogens is 272 g/mol. The number of thiophene rings is 1. The number of nitrogens with one attached hydrogen (secondary N) is 1. The average Bonchev–Trinajstić information content (AvgIpc) is 2.97. The van der Waals surface area contributed by atoms with Crippen molar-refractivity contribution in [2.75, 3.05) is 11.9 Å². The summed E-state index contributed by atoms with van der Waals surface area (Å²) in [7, 11) is 1.94. The number of primary amides is 1. The van der Waals surface area contributed by atoms with Crippen LogP contribution in [0.25, 0.3) is 11.3 Å². The van der Waals surface area contributed by atoms with E-state index in [0.717, 1.165) is 47.6 Å². The van der Waals surface area contributed by atoms with E-state index in [1.165, 1.54) is 16.9 Å². The summed E-state index contributed by atoms with van der Waals surface area (Å²) >= 11 is 1.47. The lowest BCUT2D eigenvalue weighted by Crippen LogP contribution is -2.14. The molecule has 2 aromatic heterocycles. The molecule has 0 bridgehead atoms. The fourth-order valence-electron chi connectivity index (χ4n) is 2.76. The molecule has 0 aliphatic heterocycles. The monoisotopic (exact) mass is 290 g/mol. The average molecular weight is 290 g/mol. The van der Waals surface area contributed by atoms with Crippen molar-refractivity contribution in [1.82, 2.24) is 9.78 Å². The Labute approximate surface area is 121 Å². The van der Waals surface area contributed by atoms with Crippen LogP contribution in [0.15, 0.2) is 6.20 Å². The van der Waals surface area contributed by atoms with Gasteiger partial charge in [-0.3, -0.25) is 9.48 Å². The predicted octanol–water partition coefficient (Wildman–Crippen LogP) is 2.17. The van der Waals surface area contributed by atoms with Gasteiger partial charge in [0.25, 0.3) is 5.91 Å². The third-order valence-electron chi connectivity index (χ3n) is 3.66. The number of anilines is 1. The molecule has 1 aliphatic carbocycles. The second-order valence-electron chi connectivity index (χ2n) is 5.05. The summed E-state index contributed by atoms with van der Waals surface area (Å²) in [6, 6.07) is 0. The molecular formula is C14H18N4OS. The number of fused-ring (bicyclic) bond motifs is 3. The fraction of sp³-hybridized carbons (Fsp3) is 0.429. The minimum absolute atomic E-state index is 0.332. The van der Waals surface area contributed by atoms with Gasteiger partial charge >= 0.3 is 0 Å². The summed E-state index contributed by atoms with van der Waals surface area (Å²) in [6.07, 6.45) is 4.73. The Morgan fingerprint density at radius 3 is 3.05 bits per heavy atom. The Hall–Kier alpha value is -1.82. The van der Waals surface area contributed by atoms with Crippen LogP contribution >= 0.6 is 11.3 Å². The van der Waals surface area contributed by atoms with Gasteiger partial charge in [-0.15, -0.1) is 11.3 Å². The number of hydrogen-bond acceptors (Lipinski definition) is 4. The van der Waals surface area contributed by atoms with Crippen molar-refractivity contribution >= 4 is 22.2 Å². The maximum atomic E-state index is 11.7. The Morgan fingerprint density at radius 2 is 2.35 bits per heavy atom. The molecule has 0 unspecified atom stereocenters. The van der Waals surface area contributed by atoms with E-state index in [1.807, 2.05) is 17.9 Å². The Balaban J connectivity index is 2.19. The van der Waals surface area contributed by atoms with Crippen molar-refractivity contribution in [3.05, 3.63) is 22.2 Å². The van der Waals surface area contributed by atoms with Gasteiger partial charge in [0.15, 0.2) is 0 Å². The zero-order chi connectivity index (χ0) is 14.3.